The number of carboxylic acid groups (broad SMARTS) is 1. The molecule has 1 aliphatic rings. The standard InChI is InChI=1S/C10H11NO4/c12-8-3-6-1-2-11(10(14)15)5-7(6)4-9(8)13/h3-4,12-13H,1-2,5H2,(H,14,15). The van der Waals surface area contributed by atoms with Crippen LogP contribution in [-0.2, 0) is 13.0 Å². The smallest absolute Gasteiger partial charge is 0.407 e. The first-order valence-corrected chi connectivity index (χ1v) is 4.59. The first-order chi connectivity index (χ1) is 7.08. The largest absolute Gasteiger partial charge is 0.504 e. The fourth-order valence-corrected chi connectivity index (χ4v) is 1.75. The average Bonchev–Trinajstić information content (AvgIpc) is 2.19. The van der Waals surface area contributed by atoms with Crippen molar-refractivity contribution >= 4 is 6.09 Å². The molecule has 0 saturated carbocycles. The zero-order chi connectivity index (χ0) is 11.0. The van der Waals surface area contributed by atoms with Crippen molar-refractivity contribution in [2.75, 3.05) is 6.54 Å². The monoisotopic (exact) mass is 209 g/mol. The minimum Gasteiger partial charge on any atom is -0.504 e. The fourth-order valence-electron chi connectivity index (χ4n) is 1.75. The molecule has 0 bridgehead atoms. The Hall–Kier alpha value is -1.91. The van der Waals surface area contributed by atoms with Gasteiger partial charge in [-0.3, -0.25) is 0 Å². The summed E-state index contributed by atoms with van der Waals surface area (Å²) in [7, 11) is 0. The molecule has 0 aliphatic carbocycles. The summed E-state index contributed by atoms with van der Waals surface area (Å²) in [6.45, 7) is 0.686. The highest BCUT2D eigenvalue weighted by Gasteiger charge is 2.21. The Kier molecular flexibility index (Phi) is 2.15. The van der Waals surface area contributed by atoms with Gasteiger partial charge in [0.15, 0.2) is 11.5 Å². The number of rotatable bonds is 0. The van der Waals surface area contributed by atoms with E-state index in [1.54, 1.807) is 0 Å². The van der Waals surface area contributed by atoms with Crippen LogP contribution in [0.2, 0.25) is 0 Å². The highest BCUT2D eigenvalue weighted by Crippen LogP contribution is 2.31. The zero-order valence-corrected chi connectivity index (χ0v) is 7.97. The number of fused-ring (bicyclic) bond motifs is 1. The number of phenols is 2. The lowest BCUT2D eigenvalue weighted by Gasteiger charge is -2.26. The zero-order valence-electron chi connectivity index (χ0n) is 7.97. The van der Waals surface area contributed by atoms with Crippen molar-refractivity contribution in [3.8, 4) is 11.5 Å². The molecule has 5 nitrogen and oxygen atoms in total. The SMILES string of the molecule is O=C(O)N1CCc2cc(O)c(O)cc2C1. The number of aromatic hydroxyl groups is 2. The first kappa shape index (κ1) is 9.64. The van der Waals surface area contributed by atoms with E-state index in [2.05, 4.69) is 0 Å². The highest BCUT2D eigenvalue weighted by atomic mass is 16.4. The Morgan fingerprint density at radius 1 is 1.20 bits per heavy atom. The second kappa shape index (κ2) is 3.34. The Bertz CT molecular complexity index is 416. The van der Waals surface area contributed by atoms with E-state index >= 15 is 0 Å². The minimum atomic E-state index is -0.965. The maximum atomic E-state index is 10.7. The van der Waals surface area contributed by atoms with Gasteiger partial charge in [-0.15, -0.1) is 0 Å². The number of carbonyl (C=O) groups is 1. The third kappa shape index (κ3) is 1.68. The van der Waals surface area contributed by atoms with Crippen LogP contribution < -0.4 is 0 Å². The molecule has 0 aromatic heterocycles. The highest BCUT2D eigenvalue weighted by molar-refractivity contribution is 5.66. The number of benzene rings is 1. The third-order valence-corrected chi connectivity index (χ3v) is 2.58. The molecular weight excluding hydrogens is 198 g/mol. The van der Waals surface area contributed by atoms with Gasteiger partial charge in [0.1, 0.15) is 0 Å². The van der Waals surface area contributed by atoms with Crippen molar-refractivity contribution in [1.82, 2.24) is 4.90 Å². The van der Waals surface area contributed by atoms with Crippen LogP contribution >= 0.6 is 0 Å². The van der Waals surface area contributed by atoms with E-state index in [-0.39, 0.29) is 18.0 Å². The molecule has 0 saturated heterocycles. The number of hydrogen-bond donors (Lipinski definition) is 3. The molecule has 0 radical (unpaired) electrons. The van der Waals surface area contributed by atoms with Crippen LogP contribution in [0.25, 0.3) is 0 Å². The third-order valence-electron chi connectivity index (χ3n) is 2.58. The summed E-state index contributed by atoms with van der Waals surface area (Å²) in [4.78, 5) is 12.0. The van der Waals surface area contributed by atoms with Crippen molar-refractivity contribution < 1.29 is 20.1 Å². The summed E-state index contributed by atoms with van der Waals surface area (Å²) < 4.78 is 0. The molecule has 3 N–H and O–H groups in total. The lowest BCUT2D eigenvalue weighted by molar-refractivity contribution is 0.140. The lowest BCUT2D eigenvalue weighted by Crippen LogP contribution is -2.34. The minimum absolute atomic E-state index is 0.155. The first-order valence-electron chi connectivity index (χ1n) is 4.59. The Balaban J connectivity index is 2.34. The second-order valence-electron chi connectivity index (χ2n) is 3.56. The molecule has 1 aliphatic heterocycles. The van der Waals surface area contributed by atoms with Gasteiger partial charge in [0.25, 0.3) is 0 Å². The van der Waals surface area contributed by atoms with Gasteiger partial charge < -0.3 is 20.2 Å². The van der Waals surface area contributed by atoms with Crippen LogP contribution in [0, 0.1) is 0 Å². The van der Waals surface area contributed by atoms with Crippen LogP contribution in [0.15, 0.2) is 12.1 Å². The number of amides is 1. The van der Waals surface area contributed by atoms with E-state index in [1.807, 2.05) is 0 Å². The van der Waals surface area contributed by atoms with Crippen molar-refractivity contribution in [3.05, 3.63) is 23.3 Å². The summed E-state index contributed by atoms with van der Waals surface area (Å²) in [6.07, 6.45) is -0.400. The van der Waals surface area contributed by atoms with Gasteiger partial charge in [-0.05, 0) is 29.7 Å². The second-order valence-corrected chi connectivity index (χ2v) is 3.56. The maximum absolute atomic E-state index is 10.7. The van der Waals surface area contributed by atoms with Crippen LogP contribution in [0.1, 0.15) is 11.1 Å². The quantitative estimate of drug-likeness (QED) is 0.559. The van der Waals surface area contributed by atoms with Gasteiger partial charge in [-0.25, -0.2) is 4.79 Å². The van der Waals surface area contributed by atoms with Gasteiger partial charge in [0, 0.05) is 13.1 Å². The molecule has 0 atom stereocenters. The molecule has 1 aromatic carbocycles. The van der Waals surface area contributed by atoms with Crippen molar-refractivity contribution in [3.63, 3.8) is 0 Å². The van der Waals surface area contributed by atoms with Crippen LogP contribution in [-0.4, -0.2) is 32.9 Å². The predicted molar refractivity (Wildman–Crippen MR) is 51.9 cm³/mol. The van der Waals surface area contributed by atoms with E-state index in [4.69, 9.17) is 5.11 Å². The maximum Gasteiger partial charge on any atom is 0.407 e. The summed E-state index contributed by atoms with van der Waals surface area (Å²) >= 11 is 0. The number of nitrogens with zero attached hydrogens (tertiary/aromatic N) is 1. The molecule has 1 heterocycles. The van der Waals surface area contributed by atoms with Crippen molar-refractivity contribution in [2.45, 2.75) is 13.0 Å². The molecule has 5 heteroatoms. The number of phenolic OH excluding ortho intramolecular Hbond substituents is 2. The average molecular weight is 209 g/mol. The predicted octanol–water partition coefficient (Wildman–Crippen LogP) is 1.13. The Morgan fingerprint density at radius 2 is 1.80 bits per heavy atom. The van der Waals surface area contributed by atoms with E-state index in [0.29, 0.717) is 13.0 Å². The normalized spacial score (nSPS) is 14.8. The van der Waals surface area contributed by atoms with Crippen LogP contribution in [0.3, 0.4) is 0 Å². The number of hydrogen-bond acceptors (Lipinski definition) is 3. The fraction of sp³-hybridized carbons (Fsp3) is 0.300. The molecule has 80 valence electrons. The van der Waals surface area contributed by atoms with Gasteiger partial charge >= 0.3 is 6.09 Å². The van der Waals surface area contributed by atoms with E-state index in [0.717, 1.165) is 11.1 Å². The summed E-state index contributed by atoms with van der Waals surface area (Å²) in [5, 5.41) is 27.4. The van der Waals surface area contributed by atoms with E-state index < -0.39 is 6.09 Å². The van der Waals surface area contributed by atoms with Gasteiger partial charge in [-0.1, -0.05) is 0 Å². The Labute approximate surface area is 86.2 Å². The summed E-state index contributed by atoms with van der Waals surface area (Å²) in [6, 6.07) is 2.91. The molecule has 1 aromatic rings. The Morgan fingerprint density at radius 3 is 2.40 bits per heavy atom. The van der Waals surface area contributed by atoms with Gasteiger partial charge in [0.2, 0.25) is 0 Å². The molecule has 15 heavy (non-hydrogen) atoms. The topological polar surface area (TPSA) is 81.0 Å². The molecule has 0 unspecified atom stereocenters. The molecule has 2 rings (SSSR count). The molecule has 0 spiro atoms. The summed E-state index contributed by atoms with van der Waals surface area (Å²) in [5.41, 5.74) is 1.64. The van der Waals surface area contributed by atoms with Gasteiger partial charge in [0.05, 0.1) is 0 Å². The van der Waals surface area contributed by atoms with Crippen molar-refractivity contribution in [2.24, 2.45) is 0 Å². The van der Waals surface area contributed by atoms with Crippen LogP contribution in [0.5, 0.6) is 11.5 Å². The molecule has 0 fully saturated rings. The lowest BCUT2D eigenvalue weighted by atomic mass is 9.99. The van der Waals surface area contributed by atoms with Crippen molar-refractivity contribution in [1.29, 1.82) is 0 Å². The summed E-state index contributed by atoms with van der Waals surface area (Å²) in [5.74, 6) is -0.362. The van der Waals surface area contributed by atoms with E-state index in [9.17, 15) is 15.0 Å². The van der Waals surface area contributed by atoms with Crippen LogP contribution in [0.4, 0.5) is 4.79 Å². The van der Waals surface area contributed by atoms with E-state index in [1.165, 1.54) is 17.0 Å². The molecule has 1 amide bonds. The molecular formula is C10H11NO4. The van der Waals surface area contributed by atoms with Gasteiger partial charge in [-0.2, -0.15) is 0 Å².